The third-order valence-corrected chi connectivity index (χ3v) is 7.84. The van der Waals surface area contributed by atoms with Gasteiger partial charge in [-0.1, -0.05) is 81.6 Å². The fraction of sp³-hybridized carbons (Fsp3) is 0.417. The third kappa shape index (κ3) is 2.53. The van der Waals surface area contributed by atoms with E-state index >= 15 is 0 Å². The molecule has 0 nitrogen and oxygen atoms in total. The van der Waals surface area contributed by atoms with Gasteiger partial charge < -0.3 is 0 Å². The van der Waals surface area contributed by atoms with Gasteiger partial charge in [0, 0.05) is 5.25 Å². The van der Waals surface area contributed by atoms with Crippen LogP contribution in [0.1, 0.15) is 47.2 Å². The summed E-state index contributed by atoms with van der Waals surface area (Å²) in [7, 11) is 0. The second kappa shape index (κ2) is 6.06. The van der Waals surface area contributed by atoms with Crippen molar-refractivity contribution in [3.63, 3.8) is 0 Å². The Labute approximate surface area is 163 Å². The van der Waals surface area contributed by atoms with Crippen molar-refractivity contribution in [3.05, 3.63) is 68.6 Å². The standard InChI is InChI=1S/C24H29BS/c1-14-8-16(3)22(17(4)9-14)25-23-18(5)10-15(2)11-21(23)13-24(25)12-19(6)26-20(24)7/h8-12,20H,13H2,1-7H3. The number of aryl methyl sites for hydroxylation is 5. The molecule has 0 N–H and O–H groups in total. The molecule has 0 aromatic heterocycles. The molecule has 2 aliphatic rings. The van der Waals surface area contributed by atoms with Gasteiger partial charge in [-0.3, -0.25) is 0 Å². The van der Waals surface area contributed by atoms with Crippen molar-refractivity contribution in [1.82, 2.24) is 0 Å². The highest BCUT2D eigenvalue weighted by molar-refractivity contribution is 8.04. The van der Waals surface area contributed by atoms with E-state index in [0.29, 0.717) is 12.0 Å². The molecule has 1 spiro atoms. The molecule has 4 rings (SSSR count). The van der Waals surface area contributed by atoms with Crippen molar-refractivity contribution in [3.8, 4) is 0 Å². The average molecular weight is 360 g/mol. The van der Waals surface area contributed by atoms with E-state index < -0.39 is 0 Å². The van der Waals surface area contributed by atoms with Gasteiger partial charge in [0.05, 0.1) is 0 Å². The minimum Gasteiger partial charge on any atom is -0.128 e. The molecule has 2 heterocycles. The van der Waals surface area contributed by atoms with Gasteiger partial charge in [0.1, 0.15) is 0 Å². The predicted octanol–water partition coefficient (Wildman–Crippen LogP) is 5.17. The molecule has 0 radical (unpaired) electrons. The fourth-order valence-electron chi connectivity index (χ4n) is 5.82. The Morgan fingerprint density at radius 2 is 1.38 bits per heavy atom. The van der Waals surface area contributed by atoms with Crippen molar-refractivity contribution in [2.45, 2.75) is 65.5 Å². The van der Waals surface area contributed by atoms with Crippen molar-refractivity contribution >= 4 is 29.4 Å². The van der Waals surface area contributed by atoms with Gasteiger partial charge in [0.2, 0.25) is 6.71 Å². The molecule has 0 saturated carbocycles. The number of benzene rings is 2. The largest absolute Gasteiger partial charge is 0.222 e. The van der Waals surface area contributed by atoms with Gasteiger partial charge in [-0.15, -0.1) is 11.8 Å². The zero-order valence-corrected chi connectivity index (χ0v) is 18.0. The maximum Gasteiger partial charge on any atom is 0.222 e. The lowest BCUT2D eigenvalue weighted by Gasteiger charge is -2.34. The Morgan fingerprint density at radius 1 is 0.846 bits per heavy atom. The number of thioether (sulfide) groups is 1. The van der Waals surface area contributed by atoms with Gasteiger partial charge >= 0.3 is 0 Å². The average Bonchev–Trinajstić information content (AvgIpc) is 2.95. The lowest BCUT2D eigenvalue weighted by atomic mass is 9.27. The second-order valence-electron chi connectivity index (χ2n) is 8.70. The van der Waals surface area contributed by atoms with Crippen molar-refractivity contribution < 1.29 is 0 Å². The molecule has 0 bridgehead atoms. The topological polar surface area (TPSA) is 0 Å². The summed E-state index contributed by atoms with van der Waals surface area (Å²) in [6.45, 7) is 16.6. The minimum absolute atomic E-state index is 0.209. The lowest BCUT2D eigenvalue weighted by molar-refractivity contribution is 0.678. The molecule has 2 aliphatic heterocycles. The van der Waals surface area contributed by atoms with Crippen LogP contribution >= 0.6 is 11.8 Å². The second-order valence-corrected chi connectivity index (χ2v) is 10.3. The van der Waals surface area contributed by atoms with Crippen LogP contribution in [0.2, 0.25) is 5.31 Å². The number of allylic oxidation sites excluding steroid dienone is 2. The first kappa shape index (κ1) is 18.0. The zero-order valence-electron chi connectivity index (χ0n) is 17.2. The quantitative estimate of drug-likeness (QED) is 0.632. The SMILES string of the molecule is CC1=CC2(Cc3cc(C)cc(C)c3B2c2c(C)cc(C)cc2C)C(C)S1. The van der Waals surface area contributed by atoms with Gasteiger partial charge in [-0.25, -0.2) is 0 Å². The van der Waals surface area contributed by atoms with Crippen LogP contribution in [-0.2, 0) is 6.42 Å². The Balaban J connectivity index is 2.04. The Kier molecular flexibility index (Phi) is 4.19. The van der Waals surface area contributed by atoms with E-state index in [0.717, 1.165) is 0 Å². The van der Waals surface area contributed by atoms with Crippen LogP contribution in [0, 0.1) is 34.6 Å². The Bertz CT molecular complexity index is 916. The molecule has 0 saturated heterocycles. The molecular formula is C24H29BS. The molecule has 0 amide bonds. The summed E-state index contributed by atoms with van der Waals surface area (Å²) in [5.41, 5.74) is 11.9. The van der Waals surface area contributed by atoms with E-state index in [1.807, 2.05) is 0 Å². The maximum atomic E-state index is 2.61. The normalized spacial score (nSPS) is 24.3. The number of hydrogen-bond acceptors (Lipinski definition) is 1. The molecule has 2 aromatic rings. The lowest BCUT2D eigenvalue weighted by Crippen LogP contribution is -2.52. The van der Waals surface area contributed by atoms with E-state index in [1.54, 1.807) is 16.5 Å². The fourth-order valence-corrected chi connectivity index (χ4v) is 7.17. The van der Waals surface area contributed by atoms with Crippen LogP contribution in [-0.4, -0.2) is 12.0 Å². The van der Waals surface area contributed by atoms with Gasteiger partial charge in [-0.2, -0.15) is 0 Å². The minimum atomic E-state index is 0.209. The number of rotatable bonds is 1. The molecule has 0 fully saturated rings. The van der Waals surface area contributed by atoms with Crippen LogP contribution in [0.3, 0.4) is 0 Å². The van der Waals surface area contributed by atoms with Gasteiger partial charge in [-0.05, 0) is 58.2 Å². The van der Waals surface area contributed by atoms with Crippen LogP contribution in [0.5, 0.6) is 0 Å². The van der Waals surface area contributed by atoms with Crippen LogP contribution in [0.15, 0.2) is 35.2 Å². The summed E-state index contributed by atoms with van der Waals surface area (Å²) < 4.78 is 0. The smallest absolute Gasteiger partial charge is 0.128 e. The van der Waals surface area contributed by atoms with E-state index in [-0.39, 0.29) is 5.31 Å². The molecule has 0 aliphatic carbocycles. The summed E-state index contributed by atoms with van der Waals surface area (Å²) in [5, 5.41) is 0.820. The molecule has 134 valence electrons. The van der Waals surface area contributed by atoms with E-state index in [9.17, 15) is 0 Å². The number of fused-ring (bicyclic) bond motifs is 1. The first-order chi connectivity index (χ1) is 12.2. The molecular weight excluding hydrogens is 331 g/mol. The monoisotopic (exact) mass is 360 g/mol. The van der Waals surface area contributed by atoms with Crippen LogP contribution < -0.4 is 10.9 Å². The highest BCUT2D eigenvalue weighted by atomic mass is 32.2. The molecule has 2 heteroatoms. The predicted molar refractivity (Wildman–Crippen MR) is 119 cm³/mol. The molecule has 2 aromatic carbocycles. The summed E-state index contributed by atoms with van der Waals surface area (Å²) >= 11 is 2.07. The van der Waals surface area contributed by atoms with Crippen molar-refractivity contribution in [2.24, 2.45) is 0 Å². The first-order valence-electron chi connectivity index (χ1n) is 9.77. The van der Waals surface area contributed by atoms with Gasteiger partial charge in [0.25, 0.3) is 0 Å². The van der Waals surface area contributed by atoms with Crippen LogP contribution in [0.4, 0.5) is 0 Å². The van der Waals surface area contributed by atoms with E-state index in [1.165, 1.54) is 39.1 Å². The van der Waals surface area contributed by atoms with Crippen molar-refractivity contribution in [2.75, 3.05) is 0 Å². The number of hydrogen-bond donors (Lipinski definition) is 0. The first-order valence-corrected chi connectivity index (χ1v) is 10.6. The van der Waals surface area contributed by atoms with Gasteiger partial charge in [0.15, 0.2) is 0 Å². The zero-order chi connectivity index (χ0) is 18.8. The van der Waals surface area contributed by atoms with E-state index in [4.69, 9.17) is 0 Å². The summed E-state index contributed by atoms with van der Waals surface area (Å²) in [5.74, 6) is 0. The van der Waals surface area contributed by atoms with E-state index in [2.05, 4.69) is 90.6 Å². The Morgan fingerprint density at radius 3 is 1.92 bits per heavy atom. The van der Waals surface area contributed by atoms with Crippen LogP contribution in [0.25, 0.3) is 0 Å². The van der Waals surface area contributed by atoms with Crippen molar-refractivity contribution in [1.29, 1.82) is 0 Å². The molecule has 2 unspecified atom stereocenters. The highest BCUT2D eigenvalue weighted by Gasteiger charge is 2.55. The third-order valence-electron chi connectivity index (χ3n) is 6.56. The molecule has 26 heavy (non-hydrogen) atoms. The molecule has 2 atom stereocenters. The summed E-state index contributed by atoms with van der Waals surface area (Å²) in [6.07, 6.45) is 3.79. The summed E-state index contributed by atoms with van der Waals surface area (Å²) in [4.78, 5) is 1.49. The Hall–Kier alpha value is -1.41. The summed E-state index contributed by atoms with van der Waals surface area (Å²) in [6, 6.07) is 9.58. The maximum absolute atomic E-state index is 2.61. The highest BCUT2D eigenvalue weighted by Crippen LogP contribution is 2.56.